The Hall–Kier alpha value is -3.45. The molecule has 2 aliphatic heterocycles. The summed E-state index contributed by atoms with van der Waals surface area (Å²) in [5.74, 6) is -0.842. The molecule has 2 amide bonds. The number of imide groups is 1. The summed E-state index contributed by atoms with van der Waals surface area (Å²) >= 11 is 0. The van der Waals surface area contributed by atoms with Crippen molar-refractivity contribution >= 4 is 34.0 Å². The Kier molecular flexibility index (Phi) is 4.40. The summed E-state index contributed by atoms with van der Waals surface area (Å²) in [5, 5.41) is 9.64. The Morgan fingerprint density at radius 3 is 2.63 bits per heavy atom. The number of fused-ring (bicyclic) bond motifs is 3. The lowest BCUT2D eigenvalue weighted by molar-refractivity contribution is -0.123. The van der Waals surface area contributed by atoms with Crippen molar-refractivity contribution in [3.05, 3.63) is 71.3 Å². The maximum Gasteiger partial charge on any atom is 0.275 e. The molecule has 3 N–H and O–H groups in total. The standard InChI is InChI=1S/C23H21FN4O2/c1-25-11-13-10-18-19(16-4-2-3-5-17(16)28(18)12-13)20-21(23(30)27-22(20)29)26-15-8-6-14(24)7-9-15/h2-9,13,25H,10-12H2,1H3,(H2,26,27,29,30). The van der Waals surface area contributed by atoms with Crippen LogP contribution in [0.4, 0.5) is 10.1 Å². The minimum absolute atomic E-state index is 0.197. The summed E-state index contributed by atoms with van der Waals surface area (Å²) in [5.41, 5.74) is 4.01. The number of nitrogens with zero attached hydrogens (tertiary/aromatic N) is 1. The van der Waals surface area contributed by atoms with Crippen LogP contribution in [0.3, 0.4) is 0 Å². The van der Waals surface area contributed by atoms with Gasteiger partial charge < -0.3 is 15.2 Å². The number of para-hydroxylation sites is 1. The van der Waals surface area contributed by atoms with Crippen LogP contribution in [0.1, 0.15) is 11.3 Å². The van der Waals surface area contributed by atoms with Crippen molar-refractivity contribution in [1.29, 1.82) is 0 Å². The summed E-state index contributed by atoms with van der Waals surface area (Å²) in [4.78, 5) is 25.5. The molecule has 0 spiro atoms. The Morgan fingerprint density at radius 1 is 1.10 bits per heavy atom. The van der Waals surface area contributed by atoms with Gasteiger partial charge in [0.05, 0.1) is 5.57 Å². The number of aromatic nitrogens is 1. The van der Waals surface area contributed by atoms with Crippen molar-refractivity contribution in [3.63, 3.8) is 0 Å². The largest absolute Gasteiger partial charge is 0.350 e. The molecule has 7 heteroatoms. The smallest absolute Gasteiger partial charge is 0.275 e. The predicted octanol–water partition coefficient (Wildman–Crippen LogP) is 2.65. The monoisotopic (exact) mass is 404 g/mol. The highest BCUT2D eigenvalue weighted by Gasteiger charge is 2.37. The summed E-state index contributed by atoms with van der Waals surface area (Å²) in [6, 6.07) is 13.7. The molecule has 3 heterocycles. The van der Waals surface area contributed by atoms with Crippen LogP contribution in [0, 0.1) is 11.7 Å². The van der Waals surface area contributed by atoms with Gasteiger partial charge >= 0.3 is 0 Å². The number of halogens is 1. The second-order valence-electron chi connectivity index (χ2n) is 7.74. The lowest BCUT2D eigenvalue weighted by atomic mass is 9.96. The average Bonchev–Trinajstić information content (AvgIpc) is 3.35. The summed E-state index contributed by atoms with van der Waals surface area (Å²) in [6.45, 7) is 1.74. The van der Waals surface area contributed by atoms with Crippen LogP contribution in [-0.2, 0) is 22.6 Å². The molecule has 0 saturated carbocycles. The summed E-state index contributed by atoms with van der Waals surface area (Å²) in [7, 11) is 1.93. The number of hydrogen-bond acceptors (Lipinski definition) is 4. The number of rotatable bonds is 5. The van der Waals surface area contributed by atoms with Gasteiger partial charge in [0.2, 0.25) is 0 Å². The number of benzene rings is 2. The quantitative estimate of drug-likeness (QED) is 0.572. The molecule has 6 nitrogen and oxygen atoms in total. The fourth-order valence-corrected chi connectivity index (χ4v) is 4.57. The molecule has 0 aliphatic carbocycles. The molecule has 152 valence electrons. The van der Waals surface area contributed by atoms with Gasteiger partial charge in [-0.2, -0.15) is 0 Å². The van der Waals surface area contributed by atoms with Gasteiger partial charge in [-0.15, -0.1) is 0 Å². The van der Waals surface area contributed by atoms with Gasteiger partial charge in [-0.25, -0.2) is 4.39 Å². The second-order valence-corrected chi connectivity index (χ2v) is 7.74. The van der Waals surface area contributed by atoms with Crippen LogP contribution in [0.15, 0.2) is 54.2 Å². The first kappa shape index (κ1) is 18.6. The molecule has 2 aliphatic rings. The molecule has 0 saturated heterocycles. The van der Waals surface area contributed by atoms with E-state index in [0.717, 1.165) is 41.7 Å². The first-order valence-corrected chi connectivity index (χ1v) is 9.94. The molecule has 0 bridgehead atoms. The van der Waals surface area contributed by atoms with E-state index < -0.39 is 11.8 Å². The van der Waals surface area contributed by atoms with Gasteiger partial charge in [0.15, 0.2) is 0 Å². The third kappa shape index (κ3) is 2.90. The van der Waals surface area contributed by atoms with Crippen molar-refractivity contribution in [1.82, 2.24) is 15.2 Å². The van der Waals surface area contributed by atoms with E-state index in [-0.39, 0.29) is 11.5 Å². The minimum atomic E-state index is -0.479. The number of carbonyl (C=O) groups is 2. The second kappa shape index (κ2) is 7.11. The number of carbonyl (C=O) groups excluding carboxylic acids is 2. The lowest BCUT2D eigenvalue weighted by Gasteiger charge is -2.10. The number of hydrogen-bond donors (Lipinski definition) is 3. The highest BCUT2D eigenvalue weighted by Crippen LogP contribution is 2.40. The Morgan fingerprint density at radius 2 is 1.87 bits per heavy atom. The Bertz CT molecular complexity index is 1210. The van der Waals surface area contributed by atoms with Gasteiger partial charge in [-0.05, 0) is 56.3 Å². The number of amides is 2. The maximum atomic E-state index is 13.3. The molecule has 1 atom stereocenters. The van der Waals surface area contributed by atoms with Gasteiger partial charge in [-0.3, -0.25) is 14.9 Å². The molecular weight excluding hydrogens is 383 g/mol. The van der Waals surface area contributed by atoms with Crippen molar-refractivity contribution in [2.45, 2.75) is 13.0 Å². The Balaban J connectivity index is 1.69. The van der Waals surface area contributed by atoms with Crippen molar-refractivity contribution in [2.24, 2.45) is 5.92 Å². The van der Waals surface area contributed by atoms with E-state index in [9.17, 15) is 14.0 Å². The van der Waals surface area contributed by atoms with Crippen LogP contribution in [0.25, 0.3) is 16.5 Å². The fourth-order valence-electron chi connectivity index (χ4n) is 4.57. The van der Waals surface area contributed by atoms with E-state index in [1.165, 1.54) is 12.1 Å². The fraction of sp³-hybridized carbons (Fsp3) is 0.217. The van der Waals surface area contributed by atoms with Crippen LogP contribution >= 0.6 is 0 Å². The molecule has 5 rings (SSSR count). The van der Waals surface area contributed by atoms with E-state index >= 15 is 0 Å². The van der Waals surface area contributed by atoms with Crippen molar-refractivity contribution in [3.8, 4) is 0 Å². The zero-order valence-electron chi connectivity index (χ0n) is 16.5. The summed E-state index contributed by atoms with van der Waals surface area (Å²) in [6.07, 6.45) is 0.819. The van der Waals surface area contributed by atoms with E-state index in [4.69, 9.17) is 0 Å². The molecule has 30 heavy (non-hydrogen) atoms. The zero-order chi connectivity index (χ0) is 20.8. The lowest BCUT2D eigenvalue weighted by Crippen LogP contribution is -2.24. The average molecular weight is 404 g/mol. The third-order valence-corrected chi connectivity index (χ3v) is 5.79. The van der Waals surface area contributed by atoms with Gasteiger partial charge in [0.1, 0.15) is 11.5 Å². The predicted molar refractivity (Wildman–Crippen MR) is 113 cm³/mol. The normalized spacial score (nSPS) is 18.3. The third-order valence-electron chi connectivity index (χ3n) is 5.79. The first-order valence-electron chi connectivity index (χ1n) is 9.94. The summed E-state index contributed by atoms with van der Waals surface area (Å²) < 4.78 is 15.5. The topological polar surface area (TPSA) is 75.2 Å². The van der Waals surface area contributed by atoms with Crippen LogP contribution < -0.4 is 16.0 Å². The molecule has 2 aromatic carbocycles. The Labute approximate surface area is 172 Å². The number of anilines is 1. The van der Waals surface area contributed by atoms with Gasteiger partial charge in [0, 0.05) is 34.4 Å². The molecule has 1 aromatic heterocycles. The van der Waals surface area contributed by atoms with Crippen molar-refractivity contribution in [2.75, 3.05) is 18.9 Å². The first-order chi connectivity index (χ1) is 14.6. The minimum Gasteiger partial charge on any atom is -0.350 e. The highest BCUT2D eigenvalue weighted by molar-refractivity contribution is 6.38. The van der Waals surface area contributed by atoms with Gasteiger partial charge in [0.25, 0.3) is 11.8 Å². The van der Waals surface area contributed by atoms with E-state index in [1.54, 1.807) is 12.1 Å². The van der Waals surface area contributed by atoms with Crippen LogP contribution in [0.2, 0.25) is 0 Å². The van der Waals surface area contributed by atoms with E-state index in [1.807, 2.05) is 31.3 Å². The highest BCUT2D eigenvalue weighted by atomic mass is 19.1. The maximum absolute atomic E-state index is 13.3. The zero-order valence-corrected chi connectivity index (χ0v) is 16.5. The molecule has 3 aromatic rings. The molecule has 0 fully saturated rings. The van der Waals surface area contributed by atoms with E-state index in [0.29, 0.717) is 17.2 Å². The SMILES string of the molecule is CNCC1Cc2c(C3=C(Nc4ccc(F)cc4)C(=O)NC3=O)c3ccccc3n2C1. The molecular formula is C23H21FN4O2. The molecule has 0 radical (unpaired) electrons. The van der Waals surface area contributed by atoms with Crippen LogP contribution in [0.5, 0.6) is 0 Å². The molecule has 1 unspecified atom stereocenters. The van der Waals surface area contributed by atoms with Gasteiger partial charge in [-0.1, -0.05) is 18.2 Å². The van der Waals surface area contributed by atoms with Crippen LogP contribution in [-0.4, -0.2) is 30.0 Å². The van der Waals surface area contributed by atoms with E-state index in [2.05, 4.69) is 20.5 Å². The number of nitrogens with one attached hydrogen (secondary N) is 3. The van der Waals surface area contributed by atoms with Crippen molar-refractivity contribution < 1.29 is 14.0 Å².